The van der Waals surface area contributed by atoms with Crippen LogP contribution < -0.4 is 0 Å². The number of carboxylic acids is 1. The predicted octanol–water partition coefficient (Wildman–Crippen LogP) is 8.47. The molecule has 1 saturated heterocycles. The van der Waals surface area contributed by atoms with Crippen molar-refractivity contribution < 1.29 is 14.3 Å². The van der Waals surface area contributed by atoms with Crippen molar-refractivity contribution in [2.75, 3.05) is 26.3 Å². The number of halogens is 4. The first-order chi connectivity index (χ1) is 18.3. The van der Waals surface area contributed by atoms with E-state index in [4.69, 9.17) is 34.8 Å². The van der Waals surface area contributed by atoms with Crippen LogP contribution in [0, 0.1) is 5.92 Å². The van der Waals surface area contributed by atoms with Crippen molar-refractivity contribution in [1.29, 1.82) is 0 Å². The molecule has 1 aliphatic carbocycles. The van der Waals surface area contributed by atoms with Gasteiger partial charge in [0.2, 0.25) is 0 Å². The van der Waals surface area contributed by atoms with Crippen LogP contribution in [0.5, 0.6) is 0 Å². The number of likely N-dealkylation sites (tertiary alicyclic amines) is 1. The van der Waals surface area contributed by atoms with Gasteiger partial charge < -0.3 is 10.0 Å². The molecule has 7 heteroatoms. The summed E-state index contributed by atoms with van der Waals surface area (Å²) in [5, 5.41) is 11.0. The summed E-state index contributed by atoms with van der Waals surface area (Å²) >= 11 is 19.4. The number of carbonyl (C=O) groups is 1. The minimum Gasteiger partial charge on any atom is -0.478 e. The molecule has 0 spiro atoms. The minimum atomic E-state index is -1.03. The van der Waals surface area contributed by atoms with Gasteiger partial charge in [-0.05, 0) is 101 Å². The fraction of sp³-hybridized carbons (Fsp3) is 0.323. The van der Waals surface area contributed by atoms with Crippen LogP contribution in [0.4, 0.5) is 4.39 Å². The predicted molar refractivity (Wildman–Crippen MR) is 154 cm³/mol. The lowest BCUT2D eigenvalue weighted by molar-refractivity contribution is 0.0697. The topological polar surface area (TPSA) is 40.5 Å². The van der Waals surface area contributed by atoms with E-state index in [2.05, 4.69) is 29.2 Å². The SMILES string of the molecule is O=C(O)c1cc2c(cc1Cl)C(c1ccc(CC3CN(CCCF)C3)cc1)=C(c1ccc(Cl)cc1Cl)CCC2. The molecule has 0 amide bonds. The Kier molecular flexibility index (Phi) is 8.44. The van der Waals surface area contributed by atoms with Gasteiger partial charge in [0.1, 0.15) is 0 Å². The maximum atomic E-state index is 12.4. The molecule has 1 N–H and O–H groups in total. The molecule has 0 aromatic heterocycles. The minimum absolute atomic E-state index is 0.120. The molecule has 3 nitrogen and oxygen atoms in total. The number of aryl methyl sites for hydroxylation is 1. The zero-order chi connectivity index (χ0) is 26.8. The summed E-state index contributed by atoms with van der Waals surface area (Å²) in [5.41, 5.74) is 7.37. The Morgan fingerprint density at radius 1 is 0.947 bits per heavy atom. The summed E-state index contributed by atoms with van der Waals surface area (Å²) in [6.07, 6.45) is 3.97. The molecule has 0 atom stereocenters. The maximum Gasteiger partial charge on any atom is 0.337 e. The summed E-state index contributed by atoms with van der Waals surface area (Å²) in [5.74, 6) is -0.438. The quantitative estimate of drug-likeness (QED) is 0.294. The van der Waals surface area contributed by atoms with Gasteiger partial charge in [-0.1, -0.05) is 65.1 Å². The molecule has 1 aliphatic heterocycles. The molecule has 198 valence electrons. The molecule has 0 radical (unpaired) electrons. The molecule has 1 heterocycles. The number of hydrogen-bond acceptors (Lipinski definition) is 2. The Morgan fingerprint density at radius 3 is 2.39 bits per heavy atom. The molecule has 0 unspecified atom stereocenters. The van der Waals surface area contributed by atoms with Crippen LogP contribution in [-0.2, 0) is 12.8 Å². The van der Waals surface area contributed by atoms with E-state index < -0.39 is 5.97 Å². The first-order valence-corrected chi connectivity index (χ1v) is 14.1. The van der Waals surface area contributed by atoms with Crippen molar-refractivity contribution in [1.82, 2.24) is 4.90 Å². The van der Waals surface area contributed by atoms with Crippen molar-refractivity contribution >= 4 is 51.9 Å². The molecule has 3 aromatic rings. The lowest BCUT2D eigenvalue weighted by atomic mass is 9.86. The van der Waals surface area contributed by atoms with Gasteiger partial charge in [-0.15, -0.1) is 0 Å². The largest absolute Gasteiger partial charge is 0.478 e. The van der Waals surface area contributed by atoms with Crippen molar-refractivity contribution in [3.8, 4) is 0 Å². The van der Waals surface area contributed by atoms with E-state index in [9.17, 15) is 14.3 Å². The monoisotopic (exact) mass is 571 g/mol. The van der Waals surface area contributed by atoms with E-state index in [-0.39, 0.29) is 17.3 Å². The highest BCUT2D eigenvalue weighted by molar-refractivity contribution is 6.36. The number of benzene rings is 3. The maximum absolute atomic E-state index is 12.4. The van der Waals surface area contributed by atoms with Gasteiger partial charge in [-0.3, -0.25) is 4.39 Å². The number of allylic oxidation sites excluding steroid dienone is 1. The van der Waals surface area contributed by atoms with Crippen LogP contribution in [0.3, 0.4) is 0 Å². The Hall–Kier alpha value is -2.37. The molecule has 3 aromatic carbocycles. The third kappa shape index (κ3) is 5.79. The molecule has 2 aliphatic rings. The highest BCUT2D eigenvalue weighted by Crippen LogP contribution is 2.43. The first-order valence-electron chi connectivity index (χ1n) is 13.0. The highest BCUT2D eigenvalue weighted by atomic mass is 35.5. The molecule has 0 saturated carbocycles. The van der Waals surface area contributed by atoms with Crippen molar-refractivity contribution in [2.45, 2.75) is 32.1 Å². The van der Waals surface area contributed by atoms with Gasteiger partial charge in [-0.25, -0.2) is 4.79 Å². The fourth-order valence-corrected chi connectivity index (χ4v) is 6.48. The van der Waals surface area contributed by atoms with Crippen LogP contribution in [0.1, 0.15) is 57.4 Å². The van der Waals surface area contributed by atoms with Gasteiger partial charge in [0.15, 0.2) is 0 Å². The Bertz CT molecular complexity index is 1380. The molecule has 5 rings (SSSR count). The molecule has 0 bridgehead atoms. The summed E-state index contributed by atoms with van der Waals surface area (Å²) in [6, 6.07) is 17.7. The standard InChI is InChI=1S/C31H29Cl3FNO2/c32-23-9-10-24(28(33)15-23)25-4-1-3-22-14-27(31(37)38)29(34)16-26(22)30(25)21-7-5-19(6-8-21)13-20-17-36(18-20)12-2-11-35/h5-10,14-16,20H,1-4,11-13,17-18H2,(H,37,38). The Labute approximate surface area is 237 Å². The van der Waals surface area contributed by atoms with E-state index in [0.29, 0.717) is 22.4 Å². The van der Waals surface area contributed by atoms with E-state index in [1.54, 1.807) is 18.2 Å². The second-order valence-corrected chi connectivity index (χ2v) is 11.4. The normalized spacial score (nSPS) is 16.2. The van der Waals surface area contributed by atoms with Gasteiger partial charge in [0.05, 0.1) is 17.3 Å². The number of hydrogen-bond donors (Lipinski definition) is 1. The van der Waals surface area contributed by atoms with E-state index >= 15 is 0 Å². The van der Waals surface area contributed by atoms with E-state index in [1.807, 2.05) is 12.1 Å². The lowest BCUT2D eigenvalue weighted by Crippen LogP contribution is -2.47. The third-order valence-electron chi connectivity index (χ3n) is 7.53. The molecular weight excluding hydrogens is 544 g/mol. The summed E-state index contributed by atoms with van der Waals surface area (Å²) in [7, 11) is 0. The van der Waals surface area contributed by atoms with E-state index in [1.165, 1.54) is 5.56 Å². The molecule has 38 heavy (non-hydrogen) atoms. The second kappa shape index (κ2) is 11.8. The molecule has 1 fully saturated rings. The zero-order valence-electron chi connectivity index (χ0n) is 21.0. The Morgan fingerprint density at radius 2 is 1.71 bits per heavy atom. The van der Waals surface area contributed by atoms with Crippen LogP contribution in [-0.4, -0.2) is 42.3 Å². The molecular formula is C31H29Cl3FNO2. The summed E-state index contributed by atoms with van der Waals surface area (Å²) in [6.45, 7) is 2.61. The summed E-state index contributed by atoms with van der Waals surface area (Å²) < 4.78 is 12.4. The second-order valence-electron chi connectivity index (χ2n) is 10.2. The number of alkyl halides is 1. The van der Waals surface area contributed by atoms with Gasteiger partial charge in [0.25, 0.3) is 0 Å². The zero-order valence-corrected chi connectivity index (χ0v) is 23.2. The summed E-state index contributed by atoms with van der Waals surface area (Å²) in [4.78, 5) is 14.1. The average Bonchev–Trinajstić information content (AvgIpc) is 3.04. The van der Waals surface area contributed by atoms with Crippen LogP contribution in [0.25, 0.3) is 11.1 Å². The number of fused-ring (bicyclic) bond motifs is 1. The van der Waals surface area contributed by atoms with Crippen molar-refractivity contribution in [2.24, 2.45) is 5.92 Å². The van der Waals surface area contributed by atoms with Crippen molar-refractivity contribution in [3.63, 3.8) is 0 Å². The van der Waals surface area contributed by atoms with Crippen LogP contribution >= 0.6 is 34.8 Å². The average molecular weight is 573 g/mol. The number of nitrogens with zero attached hydrogens (tertiary/aromatic N) is 1. The fourth-order valence-electron chi connectivity index (χ4n) is 5.71. The van der Waals surface area contributed by atoms with Crippen molar-refractivity contribution in [3.05, 3.63) is 103 Å². The first kappa shape index (κ1) is 27.2. The number of aromatic carboxylic acids is 1. The van der Waals surface area contributed by atoms with Gasteiger partial charge in [0, 0.05) is 29.7 Å². The van der Waals surface area contributed by atoms with E-state index in [0.717, 1.165) is 78.7 Å². The number of carboxylic acid groups (broad SMARTS) is 1. The highest BCUT2D eigenvalue weighted by Gasteiger charge is 2.27. The van der Waals surface area contributed by atoms with Crippen LogP contribution in [0.2, 0.25) is 15.1 Å². The van der Waals surface area contributed by atoms with Gasteiger partial charge in [-0.2, -0.15) is 0 Å². The van der Waals surface area contributed by atoms with Crippen LogP contribution in [0.15, 0.2) is 54.6 Å². The van der Waals surface area contributed by atoms with Gasteiger partial charge >= 0.3 is 5.97 Å². The number of rotatable bonds is 8. The lowest BCUT2D eigenvalue weighted by Gasteiger charge is -2.39. The smallest absolute Gasteiger partial charge is 0.337 e. The Balaban J connectivity index is 1.54. The third-order valence-corrected chi connectivity index (χ3v) is 8.39.